The summed E-state index contributed by atoms with van der Waals surface area (Å²) in [7, 11) is -1.67. The monoisotopic (exact) mass is 305 g/mol. The van der Waals surface area contributed by atoms with E-state index in [9.17, 15) is 8.42 Å². The van der Waals surface area contributed by atoms with Crippen LogP contribution in [0.2, 0.25) is 0 Å². The second-order valence-corrected chi connectivity index (χ2v) is 8.01. The van der Waals surface area contributed by atoms with Crippen LogP contribution in [0.3, 0.4) is 0 Å². The number of hydrogen-bond donors (Lipinski definition) is 1. The number of nitrogens with two attached hydrogens (primary N) is 1. The normalized spacial score (nSPS) is 29.8. The van der Waals surface area contributed by atoms with Gasteiger partial charge in [0.2, 0.25) is 0 Å². The van der Waals surface area contributed by atoms with E-state index in [1.807, 2.05) is 0 Å². The molecule has 0 aliphatic carbocycles. The number of hydrogen-bond acceptors (Lipinski definition) is 4. The minimum Gasteiger partial charge on any atom is -0.381 e. The molecule has 0 saturated carbocycles. The molecule has 2 saturated heterocycles. The Hall–Kier alpha value is -0.210. The Balaban J connectivity index is 1.93. The molecule has 0 radical (unpaired) electrons. The van der Waals surface area contributed by atoms with E-state index >= 15 is 0 Å². The summed E-state index contributed by atoms with van der Waals surface area (Å²) in [4.78, 5) is 0. The fourth-order valence-electron chi connectivity index (χ4n) is 3.04. The zero-order valence-electron chi connectivity index (χ0n) is 12.3. The highest BCUT2D eigenvalue weighted by Crippen LogP contribution is 2.22. The van der Waals surface area contributed by atoms with E-state index in [1.165, 1.54) is 4.31 Å². The molecule has 2 heterocycles. The number of ether oxygens (including phenoxy) is 1. The Morgan fingerprint density at radius 2 is 2.05 bits per heavy atom. The molecule has 0 spiro atoms. The van der Waals surface area contributed by atoms with Gasteiger partial charge >= 0.3 is 0 Å². The van der Waals surface area contributed by atoms with Crippen LogP contribution in [0.5, 0.6) is 0 Å². The van der Waals surface area contributed by atoms with E-state index in [0.29, 0.717) is 44.6 Å². The van der Waals surface area contributed by atoms with E-state index in [0.717, 1.165) is 32.3 Å². The number of nitrogens with zero attached hydrogens (tertiary/aromatic N) is 2. The molecule has 118 valence electrons. The number of piperidine rings is 1. The SMILES string of the molecule is CN(CC1CCCOC1)S(=O)(=O)N1CCCC(CN)C1. The van der Waals surface area contributed by atoms with E-state index in [-0.39, 0.29) is 0 Å². The van der Waals surface area contributed by atoms with E-state index in [4.69, 9.17) is 10.5 Å². The van der Waals surface area contributed by atoms with E-state index in [2.05, 4.69) is 0 Å². The van der Waals surface area contributed by atoms with Crippen molar-refractivity contribution < 1.29 is 13.2 Å². The standard InChI is InChI=1S/C13H27N3O3S/c1-15(9-13-5-3-7-19-11-13)20(17,18)16-6-2-4-12(8-14)10-16/h12-13H,2-11,14H2,1H3. The van der Waals surface area contributed by atoms with Crippen LogP contribution >= 0.6 is 0 Å². The summed E-state index contributed by atoms with van der Waals surface area (Å²) in [6.07, 6.45) is 4.01. The molecule has 0 aromatic heterocycles. The summed E-state index contributed by atoms with van der Waals surface area (Å²) < 4.78 is 33.7. The molecular weight excluding hydrogens is 278 g/mol. The van der Waals surface area contributed by atoms with Gasteiger partial charge < -0.3 is 10.5 Å². The molecular formula is C13H27N3O3S. The Bertz CT molecular complexity index is 396. The first-order valence-electron chi connectivity index (χ1n) is 7.53. The number of rotatable bonds is 5. The topological polar surface area (TPSA) is 75.9 Å². The van der Waals surface area contributed by atoms with Crippen LogP contribution in [0.25, 0.3) is 0 Å². The fourth-order valence-corrected chi connectivity index (χ4v) is 4.59. The molecule has 6 nitrogen and oxygen atoms in total. The quantitative estimate of drug-likeness (QED) is 0.790. The summed E-state index contributed by atoms with van der Waals surface area (Å²) in [6, 6.07) is 0. The lowest BCUT2D eigenvalue weighted by Gasteiger charge is -2.35. The molecule has 2 fully saturated rings. The van der Waals surface area contributed by atoms with Crippen molar-refractivity contribution in [3.63, 3.8) is 0 Å². The van der Waals surface area contributed by atoms with Gasteiger partial charge in [0.25, 0.3) is 10.2 Å². The van der Waals surface area contributed by atoms with Crippen molar-refractivity contribution in [1.82, 2.24) is 8.61 Å². The average Bonchev–Trinajstić information content (AvgIpc) is 2.48. The van der Waals surface area contributed by atoms with Crippen LogP contribution in [0.4, 0.5) is 0 Å². The molecule has 7 heteroatoms. The van der Waals surface area contributed by atoms with Gasteiger partial charge in [0.05, 0.1) is 6.61 Å². The van der Waals surface area contributed by atoms with Gasteiger partial charge in [-0.2, -0.15) is 17.0 Å². The summed E-state index contributed by atoms with van der Waals surface area (Å²) in [6.45, 7) is 3.76. The van der Waals surface area contributed by atoms with E-state index in [1.54, 1.807) is 11.4 Å². The van der Waals surface area contributed by atoms with Crippen LogP contribution in [-0.4, -0.2) is 63.5 Å². The summed E-state index contributed by atoms with van der Waals surface area (Å²) in [5, 5.41) is 0. The smallest absolute Gasteiger partial charge is 0.281 e. The highest BCUT2D eigenvalue weighted by molar-refractivity contribution is 7.86. The zero-order valence-corrected chi connectivity index (χ0v) is 13.1. The minimum atomic E-state index is -3.35. The van der Waals surface area contributed by atoms with Gasteiger partial charge in [-0.25, -0.2) is 0 Å². The first-order chi connectivity index (χ1) is 9.54. The van der Waals surface area contributed by atoms with Crippen molar-refractivity contribution in [2.24, 2.45) is 17.6 Å². The van der Waals surface area contributed by atoms with Gasteiger partial charge in [-0.05, 0) is 44.1 Å². The lowest BCUT2D eigenvalue weighted by atomic mass is 10.0. The van der Waals surface area contributed by atoms with Crippen molar-refractivity contribution in [2.75, 3.05) is 46.4 Å². The third-order valence-corrected chi connectivity index (χ3v) is 6.23. The molecule has 0 bridgehead atoms. The predicted molar refractivity (Wildman–Crippen MR) is 78.4 cm³/mol. The molecule has 2 N–H and O–H groups in total. The molecule has 0 amide bonds. The third kappa shape index (κ3) is 3.92. The van der Waals surface area contributed by atoms with E-state index < -0.39 is 10.2 Å². The minimum absolute atomic E-state index is 0.296. The van der Waals surface area contributed by atoms with Crippen molar-refractivity contribution in [3.05, 3.63) is 0 Å². The maximum atomic E-state index is 12.6. The Morgan fingerprint density at radius 1 is 1.30 bits per heavy atom. The van der Waals surface area contributed by atoms with Crippen molar-refractivity contribution in [3.8, 4) is 0 Å². The van der Waals surface area contributed by atoms with Crippen LogP contribution in [-0.2, 0) is 14.9 Å². The van der Waals surface area contributed by atoms with Crippen LogP contribution in [0.1, 0.15) is 25.7 Å². The van der Waals surface area contributed by atoms with Gasteiger partial charge in [-0.15, -0.1) is 0 Å². The summed E-state index contributed by atoms with van der Waals surface area (Å²) in [5.74, 6) is 0.614. The third-order valence-electron chi connectivity index (χ3n) is 4.31. The summed E-state index contributed by atoms with van der Waals surface area (Å²) in [5.41, 5.74) is 5.68. The van der Waals surface area contributed by atoms with Crippen molar-refractivity contribution in [1.29, 1.82) is 0 Å². The van der Waals surface area contributed by atoms with Crippen molar-refractivity contribution >= 4 is 10.2 Å². The lowest BCUT2D eigenvalue weighted by Crippen LogP contribution is -2.49. The average molecular weight is 305 g/mol. The molecule has 20 heavy (non-hydrogen) atoms. The van der Waals surface area contributed by atoms with Gasteiger partial charge in [0.1, 0.15) is 0 Å². The zero-order chi connectivity index (χ0) is 14.6. The molecule has 2 aliphatic rings. The largest absolute Gasteiger partial charge is 0.381 e. The molecule has 2 aliphatic heterocycles. The van der Waals surface area contributed by atoms with Crippen LogP contribution in [0.15, 0.2) is 0 Å². The Morgan fingerprint density at radius 3 is 2.70 bits per heavy atom. The van der Waals surface area contributed by atoms with Gasteiger partial charge in [-0.1, -0.05) is 0 Å². The first kappa shape index (κ1) is 16.2. The second-order valence-electron chi connectivity index (χ2n) is 5.97. The lowest BCUT2D eigenvalue weighted by molar-refractivity contribution is 0.0489. The van der Waals surface area contributed by atoms with Crippen LogP contribution < -0.4 is 5.73 Å². The molecule has 2 unspecified atom stereocenters. The first-order valence-corrected chi connectivity index (χ1v) is 8.93. The maximum Gasteiger partial charge on any atom is 0.281 e. The Kier molecular flexibility index (Phi) is 5.80. The van der Waals surface area contributed by atoms with Gasteiger partial charge in [-0.3, -0.25) is 0 Å². The highest BCUT2D eigenvalue weighted by atomic mass is 32.2. The maximum absolute atomic E-state index is 12.6. The molecule has 0 aromatic rings. The van der Waals surface area contributed by atoms with Crippen LogP contribution in [0, 0.1) is 11.8 Å². The fraction of sp³-hybridized carbons (Fsp3) is 1.00. The second kappa shape index (κ2) is 7.17. The van der Waals surface area contributed by atoms with Crippen molar-refractivity contribution in [2.45, 2.75) is 25.7 Å². The van der Waals surface area contributed by atoms with Gasteiger partial charge in [0.15, 0.2) is 0 Å². The highest BCUT2D eigenvalue weighted by Gasteiger charge is 2.32. The molecule has 0 aromatic carbocycles. The predicted octanol–water partition coefficient (Wildman–Crippen LogP) is 0.260. The Labute approximate surface area is 122 Å². The molecule has 2 rings (SSSR count). The van der Waals surface area contributed by atoms with Gasteiger partial charge in [0, 0.05) is 33.3 Å². The molecule has 2 atom stereocenters. The summed E-state index contributed by atoms with van der Waals surface area (Å²) >= 11 is 0.